The van der Waals surface area contributed by atoms with E-state index in [1.54, 1.807) is 30.3 Å². The molecule has 7 nitrogen and oxygen atoms in total. The van der Waals surface area contributed by atoms with E-state index < -0.39 is 57.8 Å². The summed E-state index contributed by atoms with van der Waals surface area (Å²) in [6.45, 7) is 7.56. The molecule has 5 rings (SSSR count). The summed E-state index contributed by atoms with van der Waals surface area (Å²) in [5.41, 5.74) is -3.22. The molecule has 1 aromatic carbocycles. The standard InChI is InChI=1S/C27H28O7/c1-15-17-9-10-18-26(19(13-28)25(2,3)12-11-20(26)29)14-33-24(32)27(18,21(15)30)22(17)34-23(31)16-7-5-4-6-8-16/h4-8,13,17-19,22H,1,9-12,14H2,2-3H3/t17-,18-,19+,22+,26-,27-/m0/s1. The number of fused-ring (bicyclic) bond motifs is 2. The fraction of sp³-hybridized carbons (Fsp3) is 0.519. The number of rotatable bonds is 3. The Bertz CT molecular complexity index is 1120. The predicted molar refractivity (Wildman–Crippen MR) is 119 cm³/mol. The third-order valence-electron chi connectivity index (χ3n) is 8.94. The fourth-order valence-electron chi connectivity index (χ4n) is 7.25. The van der Waals surface area contributed by atoms with Crippen LogP contribution in [-0.2, 0) is 28.7 Å². The zero-order valence-corrected chi connectivity index (χ0v) is 19.4. The summed E-state index contributed by atoms with van der Waals surface area (Å²) < 4.78 is 11.5. The van der Waals surface area contributed by atoms with E-state index in [-0.39, 0.29) is 29.9 Å². The third-order valence-corrected chi connectivity index (χ3v) is 8.94. The quantitative estimate of drug-likeness (QED) is 0.293. The summed E-state index contributed by atoms with van der Waals surface area (Å²) >= 11 is 0. The van der Waals surface area contributed by atoms with Crippen LogP contribution in [0.1, 0.15) is 49.9 Å². The zero-order valence-electron chi connectivity index (χ0n) is 19.4. The van der Waals surface area contributed by atoms with Gasteiger partial charge in [0, 0.05) is 24.2 Å². The second kappa shape index (κ2) is 7.45. The number of carbonyl (C=O) groups excluding carboxylic acids is 5. The van der Waals surface area contributed by atoms with Gasteiger partial charge in [-0.2, -0.15) is 0 Å². The maximum Gasteiger partial charge on any atom is 0.338 e. The molecule has 4 aliphatic rings. The number of esters is 2. The summed E-state index contributed by atoms with van der Waals surface area (Å²) in [6, 6.07) is 8.33. The molecule has 0 amide bonds. The van der Waals surface area contributed by atoms with Crippen molar-refractivity contribution in [2.24, 2.45) is 34.0 Å². The summed E-state index contributed by atoms with van der Waals surface area (Å²) in [4.78, 5) is 66.4. The van der Waals surface area contributed by atoms with E-state index in [0.717, 1.165) is 6.29 Å². The molecule has 0 radical (unpaired) electrons. The first-order chi connectivity index (χ1) is 16.1. The van der Waals surface area contributed by atoms with Gasteiger partial charge in [-0.15, -0.1) is 0 Å². The van der Waals surface area contributed by atoms with Gasteiger partial charge in [-0.3, -0.25) is 14.4 Å². The minimum atomic E-state index is -1.87. The Kier molecular flexibility index (Phi) is 4.97. The van der Waals surface area contributed by atoms with Crippen LogP contribution in [0.3, 0.4) is 0 Å². The molecule has 2 spiro atoms. The minimum absolute atomic E-state index is 0.169. The van der Waals surface area contributed by atoms with E-state index in [1.807, 2.05) is 13.8 Å². The molecule has 0 unspecified atom stereocenters. The van der Waals surface area contributed by atoms with Crippen molar-refractivity contribution >= 4 is 29.8 Å². The Morgan fingerprint density at radius 3 is 2.53 bits per heavy atom. The molecule has 1 saturated heterocycles. The summed E-state index contributed by atoms with van der Waals surface area (Å²) in [6.07, 6.45) is 1.21. The lowest BCUT2D eigenvalue weighted by atomic mass is 9.44. The van der Waals surface area contributed by atoms with Gasteiger partial charge in [0.05, 0.1) is 11.0 Å². The van der Waals surface area contributed by atoms with E-state index in [1.165, 1.54) is 0 Å². The van der Waals surface area contributed by atoms with Crippen LogP contribution < -0.4 is 0 Å². The molecular formula is C27H28O7. The number of Topliss-reactive ketones (excluding diaryl/α,β-unsaturated/α-hetero) is 2. The highest BCUT2D eigenvalue weighted by Gasteiger charge is 2.78. The van der Waals surface area contributed by atoms with Crippen LogP contribution in [-0.4, -0.2) is 42.5 Å². The molecule has 2 bridgehead atoms. The van der Waals surface area contributed by atoms with Gasteiger partial charge in [-0.1, -0.05) is 38.6 Å². The lowest BCUT2D eigenvalue weighted by Crippen LogP contribution is -2.70. The van der Waals surface area contributed by atoms with Crippen LogP contribution in [0.15, 0.2) is 42.5 Å². The number of ether oxygens (including phenoxy) is 2. The number of hydrogen-bond donors (Lipinski definition) is 0. The highest BCUT2D eigenvalue weighted by molar-refractivity contribution is 6.17. The van der Waals surface area contributed by atoms with E-state index in [9.17, 15) is 24.0 Å². The summed E-state index contributed by atoms with van der Waals surface area (Å²) in [5, 5.41) is 0. The Morgan fingerprint density at radius 2 is 1.85 bits per heavy atom. The number of cyclic esters (lactones) is 1. The second-order valence-electron chi connectivity index (χ2n) is 10.8. The minimum Gasteiger partial charge on any atom is -0.464 e. The van der Waals surface area contributed by atoms with E-state index >= 15 is 0 Å². The van der Waals surface area contributed by atoms with Gasteiger partial charge in [0.1, 0.15) is 24.8 Å². The Balaban J connectivity index is 1.66. The molecular weight excluding hydrogens is 436 g/mol. The van der Waals surface area contributed by atoms with Gasteiger partial charge in [0.15, 0.2) is 11.2 Å². The molecule has 1 aromatic rings. The van der Waals surface area contributed by atoms with Gasteiger partial charge in [0.2, 0.25) is 0 Å². The fourth-order valence-corrected chi connectivity index (χ4v) is 7.25. The maximum absolute atomic E-state index is 13.8. The number of carbonyl (C=O) groups is 5. The van der Waals surface area contributed by atoms with E-state index in [2.05, 4.69) is 6.58 Å². The Hall–Kier alpha value is -3.09. The van der Waals surface area contributed by atoms with Crippen molar-refractivity contribution < 1.29 is 33.4 Å². The van der Waals surface area contributed by atoms with E-state index in [4.69, 9.17) is 9.47 Å². The van der Waals surface area contributed by atoms with Crippen molar-refractivity contribution in [1.82, 2.24) is 0 Å². The Labute approximate surface area is 197 Å². The predicted octanol–water partition coefficient (Wildman–Crippen LogP) is 3.11. The first-order valence-corrected chi connectivity index (χ1v) is 11.8. The lowest BCUT2D eigenvalue weighted by Gasteiger charge is -2.59. The molecule has 4 fully saturated rings. The molecule has 1 heterocycles. The van der Waals surface area contributed by atoms with Gasteiger partial charge in [0.25, 0.3) is 0 Å². The van der Waals surface area contributed by atoms with Crippen molar-refractivity contribution in [1.29, 1.82) is 0 Å². The molecule has 7 heteroatoms. The highest BCUT2D eigenvalue weighted by atomic mass is 16.6. The number of aldehydes is 1. The van der Waals surface area contributed by atoms with Crippen LogP contribution in [0.25, 0.3) is 0 Å². The van der Waals surface area contributed by atoms with E-state index in [0.29, 0.717) is 19.3 Å². The van der Waals surface area contributed by atoms with Crippen LogP contribution >= 0.6 is 0 Å². The normalized spacial score (nSPS) is 38.3. The van der Waals surface area contributed by atoms with Crippen molar-refractivity contribution in [3.8, 4) is 0 Å². The first kappa shape index (κ1) is 22.7. The smallest absolute Gasteiger partial charge is 0.338 e. The molecule has 0 N–H and O–H groups in total. The number of ketones is 2. The van der Waals surface area contributed by atoms with Crippen LogP contribution in [0.4, 0.5) is 0 Å². The summed E-state index contributed by atoms with van der Waals surface area (Å²) in [7, 11) is 0. The molecule has 3 saturated carbocycles. The van der Waals surface area contributed by atoms with Gasteiger partial charge < -0.3 is 14.3 Å². The largest absolute Gasteiger partial charge is 0.464 e. The highest BCUT2D eigenvalue weighted by Crippen LogP contribution is 2.67. The molecule has 0 aromatic heterocycles. The topological polar surface area (TPSA) is 104 Å². The SMILES string of the molecule is C=C1C(=O)[C@@]23C(=O)OC[C@]4(C(=O)CCC(C)(C)[C@H]4C=O)[C@@H]2CC[C@@H]1[C@H]3OC(=O)c1ccccc1. The molecule has 1 aliphatic heterocycles. The average molecular weight is 465 g/mol. The lowest BCUT2D eigenvalue weighted by molar-refractivity contribution is -0.220. The van der Waals surface area contributed by atoms with Crippen molar-refractivity contribution in [2.45, 2.75) is 45.6 Å². The van der Waals surface area contributed by atoms with Crippen molar-refractivity contribution in [2.75, 3.05) is 6.61 Å². The molecule has 6 atom stereocenters. The zero-order chi connectivity index (χ0) is 24.5. The van der Waals surface area contributed by atoms with Crippen molar-refractivity contribution in [3.63, 3.8) is 0 Å². The number of hydrogen-bond acceptors (Lipinski definition) is 7. The maximum atomic E-state index is 13.8. The second-order valence-corrected chi connectivity index (χ2v) is 10.8. The monoisotopic (exact) mass is 464 g/mol. The molecule has 3 aliphatic carbocycles. The molecule has 178 valence electrons. The number of benzene rings is 1. The van der Waals surface area contributed by atoms with Crippen LogP contribution in [0.5, 0.6) is 0 Å². The Morgan fingerprint density at radius 1 is 1.15 bits per heavy atom. The summed E-state index contributed by atoms with van der Waals surface area (Å²) in [5.74, 6) is -4.23. The van der Waals surface area contributed by atoms with Crippen LogP contribution in [0.2, 0.25) is 0 Å². The third kappa shape index (κ3) is 2.67. The van der Waals surface area contributed by atoms with Gasteiger partial charge >= 0.3 is 11.9 Å². The van der Waals surface area contributed by atoms with Crippen LogP contribution in [0, 0.1) is 34.0 Å². The van der Waals surface area contributed by atoms with Crippen molar-refractivity contribution in [3.05, 3.63) is 48.0 Å². The average Bonchev–Trinajstić information content (AvgIpc) is 2.94. The van der Waals surface area contributed by atoms with Gasteiger partial charge in [-0.05, 0) is 42.4 Å². The first-order valence-electron chi connectivity index (χ1n) is 11.8. The molecule has 34 heavy (non-hydrogen) atoms. The van der Waals surface area contributed by atoms with Gasteiger partial charge in [-0.25, -0.2) is 4.79 Å².